The van der Waals surface area contributed by atoms with Gasteiger partial charge < -0.3 is 0 Å². The van der Waals surface area contributed by atoms with Gasteiger partial charge in [-0.1, -0.05) is 188 Å². The molecule has 11 aromatic carbocycles. The summed E-state index contributed by atoms with van der Waals surface area (Å²) in [7, 11) is 0. The molecule has 0 bridgehead atoms. The highest BCUT2D eigenvalue weighted by molar-refractivity contribution is 6.25. The van der Waals surface area contributed by atoms with Crippen LogP contribution in [0.4, 0.5) is 0 Å². The summed E-state index contributed by atoms with van der Waals surface area (Å²) in [6.45, 7) is 0. The number of hydrogen-bond acceptors (Lipinski definition) is 2. The van der Waals surface area contributed by atoms with Crippen molar-refractivity contribution in [1.29, 1.82) is 0 Å². The second-order valence-electron chi connectivity index (χ2n) is 16.5. The Morgan fingerprint density at radius 1 is 0.234 bits per heavy atom. The van der Waals surface area contributed by atoms with Gasteiger partial charge in [-0.05, 0) is 86.3 Å². The summed E-state index contributed by atoms with van der Waals surface area (Å²) in [4.78, 5) is 11.0. The average molecular weight is 815 g/mol. The van der Waals surface area contributed by atoms with Gasteiger partial charge in [-0.3, -0.25) is 9.13 Å². The highest BCUT2D eigenvalue weighted by atomic mass is 15.1. The molecule has 0 amide bonds. The molecular weight excluding hydrogens is 777 g/mol. The standard InChI is InChI=1S/C60H38N4/c1-3-24-45(25-4-1)63-57-53-34-13-9-30-49(53)47-28-7-11-32-51(47)55(57)61-59(63)43-22-16-20-41(37-43)39-18-15-19-40(36-39)42-21-17-23-44(38-42)60-62-56-52-33-12-8-29-48(52)50-31-10-14-35-54(50)58(56)64(60)46-26-5-2-6-27-46/h1-38H. The third-order valence-electron chi connectivity index (χ3n) is 12.9. The number of imidazole rings is 2. The number of hydrogen-bond donors (Lipinski definition) is 0. The third-order valence-corrected chi connectivity index (χ3v) is 12.9. The van der Waals surface area contributed by atoms with E-state index in [1.54, 1.807) is 0 Å². The number of rotatable bonds is 6. The molecule has 4 heteroatoms. The molecule has 0 saturated carbocycles. The Labute approximate surface area is 369 Å². The van der Waals surface area contributed by atoms with Crippen molar-refractivity contribution in [2.45, 2.75) is 0 Å². The molecule has 64 heavy (non-hydrogen) atoms. The SMILES string of the molecule is c1ccc(-n2c(-c3cccc(-c4cccc(-c5cccc(-c6nc7c8ccccc8c8ccccc8c7n6-c6ccccc6)c5)c4)c3)nc3c4ccccc4c4ccccc4c32)cc1. The van der Waals surface area contributed by atoms with Crippen molar-refractivity contribution in [2.24, 2.45) is 0 Å². The first-order valence-electron chi connectivity index (χ1n) is 21.8. The van der Waals surface area contributed by atoms with Crippen molar-refractivity contribution in [2.75, 3.05) is 0 Å². The molecular formula is C60H38N4. The molecule has 0 unspecified atom stereocenters. The lowest BCUT2D eigenvalue weighted by atomic mass is 9.97. The van der Waals surface area contributed by atoms with Gasteiger partial charge in [0.15, 0.2) is 0 Å². The Hall–Kier alpha value is -8.60. The van der Waals surface area contributed by atoms with Crippen LogP contribution in [0.1, 0.15) is 0 Å². The van der Waals surface area contributed by atoms with Crippen molar-refractivity contribution in [3.05, 3.63) is 231 Å². The van der Waals surface area contributed by atoms with Gasteiger partial charge in [-0.15, -0.1) is 0 Å². The summed E-state index contributed by atoms with van der Waals surface area (Å²) in [6.07, 6.45) is 0. The fourth-order valence-electron chi connectivity index (χ4n) is 10.0. The average Bonchev–Trinajstić information content (AvgIpc) is 3.99. The van der Waals surface area contributed by atoms with Crippen LogP contribution < -0.4 is 0 Å². The van der Waals surface area contributed by atoms with Crippen molar-refractivity contribution in [3.63, 3.8) is 0 Å². The number of para-hydroxylation sites is 2. The summed E-state index contributed by atoms with van der Waals surface area (Å²) in [5.41, 5.74) is 13.0. The summed E-state index contributed by atoms with van der Waals surface area (Å²) in [5.74, 6) is 1.82. The fourth-order valence-corrected chi connectivity index (χ4v) is 10.0. The van der Waals surface area contributed by atoms with E-state index in [2.05, 4.69) is 240 Å². The Kier molecular flexibility index (Phi) is 8.18. The zero-order chi connectivity index (χ0) is 42.1. The Balaban J connectivity index is 0.956. The van der Waals surface area contributed by atoms with Gasteiger partial charge >= 0.3 is 0 Å². The summed E-state index contributed by atoms with van der Waals surface area (Å²) >= 11 is 0. The molecule has 0 spiro atoms. The van der Waals surface area contributed by atoms with Crippen LogP contribution in [-0.4, -0.2) is 19.1 Å². The maximum absolute atomic E-state index is 5.51. The largest absolute Gasteiger partial charge is 0.292 e. The van der Waals surface area contributed by atoms with Crippen molar-refractivity contribution in [3.8, 4) is 56.4 Å². The van der Waals surface area contributed by atoms with Crippen molar-refractivity contribution < 1.29 is 0 Å². The van der Waals surface area contributed by atoms with E-state index in [4.69, 9.17) is 9.97 Å². The minimum Gasteiger partial charge on any atom is -0.292 e. The van der Waals surface area contributed by atoms with Gasteiger partial charge in [-0.25, -0.2) is 9.97 Å². The quantitative estimate of drug-likeness (QED) is 0.157. The molecule has 2 heterocycles. The Morgan fingerprint density at radius 3 is 0.891 bits per heavy atom. The fraction of sp³-hybridized carbons (Fsp3) is 0. The molecule has 0 aliphatic carbocycles. The lowest BCUT2D eigenvalue weighted by molar-refractivity contribution is 1.11. The van der Waals surface area contributed by atoms with E-state index in [1.807, 2.05) is 0 Å². The van der Waals surface area contributed by atoms with Crippen LogP contribution in [0, 0.1) is 0 Å². The van der Waals surface area contributed by atoms with Gasteiger partial charge in [0.05, 0.1) is 22.1 Å². The predicted octanol–water partition coefficient (Wildman–Crippen LogP) is 15.6. The first-order chi connectivity index (χ1) is 31.8. The first kappa shape index (κ1) is 36.1. The predicted molar refractivity (Wildman–Crippen MR) is 267 cm³/mol. The van der Waals surface area contributed by atoms with Gasteiger partial charge in [0, 0.05) is 44.0 Å². The molecule has 0 N–H and O–H groups in total. The van der Waals surface area contributed by atoms with Crippen LogP contribution in [0.5, 0.6) is 0 Å². The smallest absolute Gasteiger partial charge is 0.145 e. The van der Waals surface area contributed by atoms with E-state index >= 15 is 0 Å². The zero-order valence-electron chi connectivity index (χ0n) is 34.7. The Morgan fingerprint density at radius 2 is 0.516 bits per heavy atom. The van der Waals surface area contributed by atoms with Gasteiger partial charge in [-0.2, -0.15) is 0 Å². The second kappa shape index (κ2) is 14.5. The zero-order valence-corrected chi connectivity index (χ0v) is 34.7. The molecule has 13 aromatic rings. The maximum atomic E-state index is 5.51. The van der Waals surface area contributed by atoms with E-state index in [9.17, 15) is 0 Å². The minimum absolute atomic E-state index is 0.912. The molecule has 0 saturated heterocycles. The number of nitrogens with zero attached hydrogens (tertiary/aromatic N) is 4. The monoisotopic (exact) mass is 814 g/mol. The molecule has 0 fully saturated rings. The lowest BCUT2D eigenvalue weighted by Gasteiger charge is -2.14. The van der Waals surface area contributed by atoms with Crippen LogP contribution in [0.25, 0.3) is 122 Å². The molecule has 0 atom stereocenters. The van der Waals surface area contributed by atoms with Crippen LogP contribution in [0.15, 0.2) is 231 Å². The Bertz CT molecular complexity index is 3700. The number of fused-ring (bicyclic) bond motifs is 12. The van der Waals surface area contributed by atoms with Crippen LogP contribution in [0.2, 0.25) is 0 Å². The normalized spacial score (nSPS) is 11.8. The summed E-state index contributed by atoms with van der Waals surface area (Å²) in [6, 6.07) is 82.6. The first-order valence-corrected chi connectivity index (χ1v) is 21.8. The molecule has 2 aromatic heterocycles. The van der Waals surface area contributed by atoms with Gasteiger partial charge in [0.1, 0.15) is 11.6 Å². The molecule has 4 nitrogen and oxygen atoms in total. The number of aromatic nitrogens is 4. The van der Waals surface area contributed by atoms with E-state index in [1.165, 1.54) is 32.3 Å². The van der Waals surface area contributed by atoms with E-state index < -0.39 is 0 Å². The summed E-state index contributed by atoms with van der Waals surface area (Å²) in [5, 5.41) is 9.55. The van der Waals surface area contributed by atoms with Crippen molar-refractivity contribution >= 4 is 65.2 Å². The third kappa shape index (κ3) is 5.63. The van der Waals surface area contributed by atoms with E-state index in [0.717, 1.165) is 89.2 Å². The minimum atomic E-state index is 0.912. The molecule has 298 valence electrons. The molecule has 13 rings (SSSR count). The van der Waals surface area contributed by atoms with Gasteiger partial charge in [0.25, 0.3) is 0 Å². The number of benzene rings is 11. The highest BCUT2D eigenvalue weighted by Gasteiger charge is 2.22. The maximum Gasteiger partial charge on any atom is 0.145 e. The van der Waals surface area contributed by atoms with Crippen LogP contribution in [-0.2, 0) is 0 Å². The van der Waals surface area contributed by atoms with Gasteiger partial charge in [0.2, 0.25) is 0 Å². The molecule has 0 radical (unpaired) electrons. The van der Waals surface area contributed by atoms with Crippen LogP contribution in [0.3, 0.4) is 0 Å². The van der Waals surface area contributed by atoms with E-state index in [0.29, 0.717) is 0 Å². The highest BCUT2D eigenvalue weighted by Crippen LogP contribution is 2.42. The van der Waals surface area contributed by atoms with Crippen LogP contribution >= 0.6 is 0 Å². The second-order valence-corrected chi connectivity index (χ2v) is 16.5. The lowest BCUT2D eigenvalue weighted by Crippen LogP contribution is -1.98. The summed E-state index contributed by atoms with van der Waals surface area (Å²) < 4.78 is 4.69. The molecule has 0 aliphatic rings. The topological polar surface area (TPSA) is 35.6 Å². The van der Waals surface area contributed by atoms with E-state index in [-0.39, 0.29) is 0 Å². The molecule has 0 aliphatic heterocycles. The van der Waals surface area contributed by atoms with Crippen molar-refractivity contribution in [1.82, 2.24) is 19.1 Å².